The fourth-order valence-electron chi connectivity index (χ4n) is 4.18. The molecule has 0 spiro atoms. The Labute approximate surface area is 153 Å². The van der Waals surface area contributed by atoms with Crippen LogP contribution >= 0.6 is 0 Å². The highest BCUT2D eigenvalue weighted by Gasteiger charge is 2.30. The number of piperidine rings is 1. The van der Waals surface area contributed by atoms with E-state index in [9.17, 15) is 8.42 Å². The van der Waals surface area contributed by atoms with Crippen LogP contribution in [0, 0.1) is 0 Å². The van der Waals surface area contributed by atoms with Gasteiger partial charge in [0, 0.05) is 19.1 Å². The SMILES string of the molecule is O=S(=O)(CCCc1ccccc1)N1CCC(N2CCCCCC2)CC1. The van der Waals surface area contributed by atoms with Crippen LogP contribution in [0.15, 0.2) is 30.3 Å². The molecule has 0 unspecified atom stereocenters. The molecule has 0 saturated carbocycles. The number of sulfonamides is 1. The van der Waals surface area contributed by atoms with Gasteiger partial charge in [-0.3, -0.25) is 0 Å². The zero-order valence-corrected chi connectivity index (χ0v) is 16.1. The van der Waals surface area contributed by atoms with Crippen LogP contribution in [0.1, 0.15) is 50.5 Å². The van der Waals surface area contributed by atoms with Crippen LogP contribution in [-0.2, 0) is 16.4 Å². The van der Waals surface area contributed by atoms with Gasteiger partial charge in [0.05, 0.1) is 5.75 Å². The van der Waals surface area contributed by atoms with Gasteiger partial charge in [-0.1, -0.05) is 43.2 Å². The van der Waals surface area contributed by atoms with E-state index < -0.39 is 10.0 Å². The molecule has 0 aromatic heterocycles. The molecule has 2 aliphatic rings. The Hall–Kier alpha value is -0.910. The molecule has 1 aromatic rings. The van der Waals surface area contributed by atoms with Gasteiger partial charge in [-0.2, -0.15) is 0 Å². The fraction of sp³-hybridized carbons (Fsp3) is 0.700. The van der Waals surface area contributed by atoms with Crippen molar-refractivity contribution >= 4 is 10.0 Å². The highest BCUT2D eigenvalue weighted by Crippen LogP contribution is 2.22. The van der Waals surface area contributed by atoms with E-state index in [0.717, 1.165) is 19.3 Å². The van der Waals surface area contributed by atoms with E-state index in [1.54, 1.807) is 4.31 Å². The van der Waals surface area contributed by atoms with Crippen molar-refractivity contribution < 1.29 is 8.42 Å². The Morgan fingerprint density at radius 3 is 2.16 bits per heavy atom. The zero-order chi connectivity index (χ0) is 17.5. The molecule has 140 valence electrons. The van der Waals surface area contributed by atoms with Crippen molar-refractivity contribution in [2.45, 2.75) is 57.4 Å². The van der Waals surface area contributed by atoms with E-state index in [4.69, 9.17) is 0 Å². The highest BCUT2D eigenvalue weighted by atomic mass is 32.2. The second kappa shape index (κ2) is 9.15. The minimum atomic E-state index is -3.10. The molecule has 2 heterocycles. The first-order chi connectivity index (χ1) is 12.1. The van der Waals surface area contributed by atoms with Gasteiger partial charge in [0.15, 0.2) is 0 Å². The lowest BCUT2D eigenvalue weighted by Gasteiger charge is -2.37. The normalized spacial score (nSPS) is 21.9. The quantitative estimate of drug-likeness (QED) is 0.778. The average Bonchev–Trinajstić information content (AvgIpc) is 2.92. The number of hydrogen-bond donors (Lipinski definition) is 0. The number of rotatable bonds is 6. The first kappa shape index (κ1) is 18.9. The van der Waals surface area contributed by atoms with Gasteiger partial charge in [0.25, 0.3) is 0 Å². The molecule has 3 rings (SSSR count). The van der Waals surface area contributed by atoms with Crippen molar-refractivity contribution in [1.29, 1.82) is 0 Å². The fourth-order valence-corrected chi connectivity index (χ4v) is 5.71. The van der Waals surface area contributed by atoms with E-state index in [-0.39, 0.29) is 5.75 Å². The molecule has 0 aliphatic carbocycles. The van der Waals surface area contributed by atoms with E-state index in [1.165, 1.54) is 44.3 Å². The topological polar surface area (TPSA) is 40.6 Å². The zero-order valence-electron chi connectivity index (χ0n) is 15.3. The van der Waals surface area contributed by atoms with Crippen LogP contribution in [-0.4, -0.2) is 55.6 Å². The second-order valence-electron chi connectivity index (χ2n) is 7.49. The van der Waals surface area contributed by atoms with Crippen molar-refractivity contribution in [3.63, 3.8) is 0 Å². The Morgan fingerprint density at radius 1 is 0.880 bits per heavy atom. The summed E-state index contributed by atoms with van der Waals surface area (Å²) in [6.45, 7) is 3.81. The van der Waals surface area contributed by atoms with E-state index >= 15 is 0 Å². The molecule has 2 fully saturated rings. The van der Waals surface area contributed by atoms with Gasteiger partial charge in [-0.05, 0) is 57.2 Å². The molecule has 0 radical (unpaired) electrons. The third kappa shape index (κ3) is 5.53. The van der Waals surface area contributed by atoms with Gasteiger partial charge in [0.1, 0.15) is 0 Å². The molecule has 25 heavy (non-hydrogen) atoms. The van der Waals surface area contributed by atoms with Crippen LogP contribution in [0.3, 0.4) is 0 Å². The maximum Gasteiger partial charge on any atom is 0.214 e. The molecule has 0 atom stereocenters. The van der Waals surface area contributed by atoms with E-state index in [0.29, 0.717) is 25.6 Å². The molecule has 1 aromatic carbocycles. The molecule has 2 saturated heterocycles. The summed E-state index contributed by atoms with van der Waals surface area (Å²) >= 11 is 0. The summed E-state index contributed by atoms with van der Waals surface area (Å²) in [5, 5.41) is 0. The maximum atomic E-state index is 12.6. The average molecular weight is 365 g/mol. The van der Waals surface area contributed by atoms with Crippen molar-refractivity contribution in [2.24, 2.45) is 0 Å². The largest absolute Gasteiger partial charge is 0.300 e. The van der Waals surface area contributed by atoms with Crippen LogP contribution in [0.4, 0.5) is 0 Å². The van der Waals surface area contributed by atoms with Crippen LogP contribution in [0.2, 0.25) is 0 Å². The third-order valence-corrected chi connectivity index (χ3v) is 7.64. The molecule has 0 bridgehead atoms. The summed E-state index contributed by atoms with van der Waals surface area (Å²) in [7, 11) is -3.10. The Morgan fingerprint density at radius 2 is 1.52 bits per heavy atom. The monoisotopic (exact) mass is 364 g/mol. The summed E-state index contributed by atoms with van der Waals surface area (Å²) in [5.74, 6) is 0.274. The Bertz CT molecular complexity index is 602. The Balaban J connectivity index is 1.44. The van der Waals surface area contributed by atoms with E-state index in [2.05, 4.69) is 17.0 Å². The smallest absolute Gasteiger partial charge is 0.214 e. The van der Waals surface area contributed by atoms with Gasteiger partial charge < -0.3 is 4.90 Å². The number of likely N-dealkylation sites (tertiary alicyclic amines) is 1. The third-order valence-electron chi connectivity index (χ3n) is 5.68. The van der Waals surface area contributed by atoms with Gasteiger partial charge in [-0.25, -0.2) is 12.7 Å². The lowest BCUT2D eigenvalue weighted by Crippen LogP contribution is -2.47. The molecule has 2 aliphatic heterocycles. The lowest BCUT2D eigenvalue weighted by atomic mass is 10.0. The summed E-state index contributed by atoms with van der Waals surface area (Å²) < 4.78 is 27.0. The van der Waals surface area contributed by atoms with Gasteiger partial charge >= 0.3 is 0 Å². The van der Waals surface area contributed by atoms with Crippen LogP contribution in [0.25, 0.3) is 0 Å². The minimum absolute atomic E-state index is 0.274. The molecular weight excluding hydrogens is 332 g/mol. The van der Waals surface area contributed by atoms with Gasteiger partial charge in [-0.15, -0.1) is 0 Å². The summed E-state index contributed by atoms with van der Waals surface area (Å²) in [6, 6.07) is 10.7. The number of nitrogens with zero attached hydrogens (tertiary/aromatic N) is 2. The highest BCUT2D eigenvalue weighted by molar-refractivity contribution is 7.89. The number of aryl methyl sites for hydroxylation is 1. The maximum absolute atomic E-state index is 12.6. The standard InChI is InChI=1S/C20H32N2O2S/c23-25(24,18-8-11-19-9-4-3-5-10-19)22-16-12-20(13-17-22)21-14-6-1-2-7-15-21/h3-5,9-10,20H,1-2,6-8,11-18H2. The number of hydrogen-bond acceptors (Lipinski definition) is 3. The Kier molecular flexibility index (Phi) is 6.91. The minimum Gasteiger partial charge on any atom is -0.300 e. The van der Waals surface area contributed by atoms with Crippen molar-refractivity contribution in [2.75, 3.05) is 31.9 Å². The van der Waals surface area contributed by atoms with E-state index in [1.807, 2.05) is 18.2 Å². The molecule has 0 N–H and O–H groups in total. The number of benzene rings is 1. The lowest BCUT2D eigenvalue weighted by molar-refractivity contribution is 0.144. The molecule has 0 amide bonds. The predicted octanol–water partition coefficient (Wildman–Crippen LogP) is 3.29. The van der Waals surface area contributed by atoms with Crippen molar-refractivity contribution in [3.05, 3.63) is 35.9 Å². The van der Waals surface area contributed by atoms with Crippen molar-refractivity contribution in [1.82, 2.24) is 9.21 Å². The predicted molar refractivity (Wildman–Crippen MR) is 103 cm³/mol. The molecule has 4 nitrogen and oxygen atoms in total. The van der Waals surface area contributed by atoms with Crippen LogP contribution < -0.4 is 0 Å². The second-order valence-corrected chi connectivity index (χ2v) is 9.57. The summed E-state index contributed by atoms with van der Waals surface area (Å²) in [5.41, 5.74) is 1.22. The first-order valence-corrected chi connectivity index (χ1v) is 11.5. The van der Waals surface area contributed by atoms with Crippen LogP contribution in [0.5, 0.6) is 0 Å². The first-order valence-electron chi connectivity index (χ1n) is 9.91. The summed E-state index contributed by atoms with van der Waals surface area (Å²) in [4.78, 5) is 2.62. The molecular formula is C20H32N2O2S. The molecule has 5 heteroatoms. The van der Waals surface area contributed by atoms with Crippen molar-refractivity contribution in [3.8, 4) is 0 Å². The van der Waals surface area contributed by atoms with Gasteiger partial charge in [0.2, 0.25) is 10.0 Å². The summed E-state index contributed by atoms with van der Waals surface area (Å²) in [6.07, 6.45) is 8.85.